The van der Waals surface area contributed by atoms with E-state index in [0.717, 1.165) is 18.4 Å². The van der Waals surface area contributed by atoms with Gasteiger partial charge in [0, 0.05) is 11.5 Å². The summed E-state index contributed by atoms with van der Waals surface area (Å²) in [5, 5.41) is 10.1. The molecule has 2 nitrogen and oxygen atoms in total. The number of phenols is 1. The number of hydrogen-bond donors (Lipinski definition) is 1. The minimum Gasteiger partial charge on any atom is -0.508 e. The molecule has 1 fully saturated rings. The van der Waals surface area contributed by atoms with E-state index in [2.05, 4.69) is 26.8 Å². The third-order valence-corrected chi connectivity index (χ3v) is 4.87. The third kappa shape index (κ3) is 2.08. The van der Waals surface area contributed by atoms with Crippen molar-refractivity contribution in [1.29, 1.82) is 0 Å². The number of allylic oxidation sites excluding steroid dienone is 1. The summed E-state index contributed by atoms with van der Waals surface area (Å²) in [6, 6.07) is 7.57. The van der Waals surface area contributed by atoms with Crippen LogP contribution in [0.4, 0.5) is 0 Å². The van der Waals surface area contributed by atoms with Gasteiger partial charge in [0.2, 0.25) is 0 Å². The molecule has 1 N–H and O–H groups in total. The van der Waals surface area contributed by atoms with Crippen LogP contribution in [0.1, 0.15) is 45.3 Å². The van der Waals surface area contributed by atoms with E-state index in [1.165, 1.54) is 5.57 Å². The highest BCUT2D eigenvalue weighted by atomic mass is 16.5. The number of rotatable bonds is 1. The Morgan fingerprint density at radius 3 is 2.74 bits per heavy atom. The van der Waals surface area contributed by atoms with Gasteiger partial charge in [-0.3, -0.25) is 0 Å². The molecule has 1 aliphatic heterocycles. The van der Waals surface area contributed by atoms with Crippen molar-refractivity contribution in [2.45, 2.75) is 45.3 Å². The smallest absolute Gasteiger partial charge is 0.121 e. The summed E-state index contributed by atoms with van der Waals surface area (Å²) in [7, 11) is 0. The topological polar surface area (TPSA) is 29.5 Å². The maximum atomic E-state index is 10.1. The molecule has 0 aromatic heterocycles. The molecule has 0 radical (unpaired) electrons. The molecule has 1 aliphatic carbocycles. The zero-order valence-corrected chi connectivity index (χ0v) is 11.9. The SMILES string of the molecule is CC1=CC[C@H]2C[C@@H]1[C@H](c1ccccc1O)OC2(C)C. The molecule has 3 rings (SSSR count). The minimum absolute atomic E-state index is 0.0241. The van der Waals surface area contributed by atoms with Gasteiger partial charge in [0.05, 0.1) is 11.7 Å². The zero-order valence-electron chi connectivity index (χ0n) is 11.9. The average molecular weight is 258 g/mol. The van der Waals surface area contributed by atoms with E-state index >= 15 is 0 Å². The molecule has 3 atom stereocenters. The predicted octanol–water partition coefficient (Wildman–Crippen LogP) is 4.21. The van der Waals surface area contributed by atoms with E-state index in [4.69, 9.17) is 4.74 Å². The summed E-state index contributed by atoms with van der Waals surface area (Å²) in [6.07, 6.45) is 4.61. The summed E-state index contributed by atoms with van der Waals surface area (Å²) < 4.78 is 6.38. The average Bonchev–Trinajstić information content (AvgIpc) is 2.37. The van der Waals surface area contributed by atoms with Gasteiger partial charge in [-0.1, -0.05) is 29.8 Å². The van der Waals surface area contributed by atoms with Gasteiger partial charge >= 0.3 is 0 Å². The summed E-state index contributed by atoms with van der Waals surface area (Å²) in [6.45, 7) is 6.54. The molecular formula is C17H22O2. The highest BCUT2D eigenvalue weighted by Gasteiger charge is 2.45. The fourth-order valence-corrected chi connectivity index (χ4v) is 3.51. The summed E-state index contributed by atoms with van der Waals surface area (Å²) in [4.78, 5) is 0. The Balaban J connectivity index is 2.03. The van der Waals surface area contributed by atoms with E-state index in [1.807, 2.05) is 18.2 Å². The van der Waals surface area contributed by atoms with Crippen molar-refractivity contribution >= 4 is 0 Å². The second kappa shape index (κ2) is 4.38. The van der Waals surface area contributed by atoms with E-state index in [0.29, 0.717) is 17.6 Å². The van der Waals surface area contributed by atoms with Crippen LogP contribution < -0.4 is 0 Å². The van der Waals surface area contributed by atoms with Gasteiger partial charge in [0.15, 0.2) is 0 Å². The highest BCUT2D eigenvalue weighted by molar-refractivity contribution is 5.36. The van der Waals surface area contributed by atoms with Crippen LogP contribution in [0.2, 0.25) is 0 Å². The van der Waals surface area contributed by atoms with Gasteiger partial charge in [-0.25, -0.2) is 0 Å². The Kier molecular flexibility index (Phi) is 2.94. The molecular weight excluding hydrogens is 236 g/mol. The molecule has 0 spiro atoms. The number of aromatic hydroxyl groups is 1. The van der Waals surface area contributed by atoms with Crippen molar-refractivity contribution < 1.29 is 9.84 Å². The monoisotopic (exact) mass is 258 g/mol. The van der Waals surface area contributed by atoms with Gasteiger partial charge in [0.1, 0.15) is 5.75 Å². The van der Waals surface area contributed by atoms with Crippen LogP contribution >= 0.6 is 0 Å². The van der Waals surface area contributed by atoms with Crippen molar-refractivity contribution in [2.24, 2.45) is 11.8 Å². The first-order chi connectivity index (χ1) is 8.99. The lowest BCUT2D eigenvalue weighted by Crippen LogP contribution is -2.45. The fourth-order valence-electron chi connectivity index (χ4n) is 3.51. The van der Waals surface area contributed by atoms with Crippen LogP contribution in [0.5, 0.6) is 5.75 Å². The van der Waals surface area contributed by atoms with Crippen molar-refractivity contribution in [3.8, 4) is 5.75 Å². The molecule has 0 amide bonds. The lowest BCUT2D eigenvalue weighted by Gasteiger charge is -2.49. The Labute approximate surface area is 115 Å². The normalized spacial score (nSPS) is 32.8. The third-order valence-electron chi connectivity index (χ3n) is 4.87. The summed E-state index contributed by atoms with van der Waals surface area (Å²) in [5.74, 6) is 1.34. The van der Waals surface area contributed by atoms with Gasteiger partial charge in [-0.05, 0) is 45.6 Å². The van der Waals surface area contributed by atoms with Gasteiger partial charge in [0.25, 0.3) is 0 Å². The van der Waals surface area contributed by atoms with Gasteiger partial charge in [-0.15, -0.1) is 0 Å². The van der Waals surface area contributed by atoms with Crippen molar-refractivity contribution in [1.82, 2.24) is 0 Å². The standard InChI is InChI=1S/C17H22O2/c1-11-8-9-12-10-14(11)16(19-17(12,2)3)13-6-4-5-7-15(13)18/h4-8,12,14,16,18H,9-10H2,1-3H3/t12-,14-,16-/m0/s1. The Morgan fingerprint density at radius 2 is 2.00 bits per heavy atom. The molecule has 2 bridgehead atoms. The lowest BCUT2D eigenvalue weighted by molar-refractivity contribution is -0.167. The van der Waals surface area contributed by atoms with E-state index in [9.17, 15) is 5.11 Å². The number of fused-ring (bicyclic) bond motifs is 2. The number of benzene rings is 1. The number of ether oxygens (including phenoxy) is 1. The van der Waals surface area contributed by atoms with E-state index in [-0.39, 0.29) is 11.7 Å². The van der Waals surface area contributed by atoms with Crippen LogP contribution in [0.25, 0.3) is 0 Å². The molecule has 2 heteroatoms. The predicted molar refractivity (Wildman–Crippen MR) is 76.0 cm³/mol. The van der Waals surface area contributed by atoms with Gasteiger partial charge in [-0.2, -0.15) is 0 Å². The van der Waals surface area contributed by atoms with Crippen molar-refractivity contribution in [2.75, 3.05) is 0 Å². The number of phenolic OH excluding ortho intramolecular Hbond substituents is 1. The maximum Gasteiger partial charge on any atom is 0.121 e. The highest BCUT2D eigenvalue weighted by Crippen LogP contribution is 2.52. The maximum absolute atomic E-state index is 10.1. The van der Waals surface area contributed by atoms with E-state index in [1.54, 1.807) is 6.07 Å². The Hall–Kier alpha value is -1.28. The second-order valence-electron chi connectivity index (χ2n) is 6.42. The molecule has 102 valence electrons. The van der Waals surface area contributed by atoms with Crippen LogP contribution in [0.3, 0.4) is 0 Å². The molecule has 1 aromatic carbocycles. The first-order valence-corrected chi connectivity index (χ1v) is 7.11. The molecule has 0 unspecified atom stereocenters. The molecule has 1 saturated heterocycles. The molecule has 0 saturated carbocycles. The van der Waals surface area contributed by atoms with Crippen molar-refractivity contribution in [3.05, 3.63) is 41.5 Å². The molecule has 1 heterocycles. The van der Waals surface area contributed by atoms with Crippen LogP contribution in [-0.4, -0.2) is 10.7 Å². The van der Waals surface area contributed by atoms with Crippen LogP contribution in [-0.2, 0) is 4.74 Å². The lowest BCUT2D eigenvalue weighted by atomic mass is 9.68. The summed E-state index contributed by atoms with van der Waals surface area (Å²) >= 11 is 0. The summed E-state index contributed by atoms with van der Waals surface area (Å²) in [5.41, 5.74) is 2.20. The molecule has 19 heavy (non-hydrogen) atoms. The quantitative estimate of drug-likeness (QED) is 0.764. The molecule has 1 aromatic rings. The Morgan fingerprint density at radius 1 is 1.26 bits per heavy atom. The van der Waals surface area contributed by atoms with Crippen molar-refractivity contribution in [3.63, 3.8) is 0 Å². The zero-order chi connectivity index (χ0) is 13.6. The first-order valence-electron chi connectivity index (χ1n) is 7.11. The Bertz CT molecular complexity index is 516. The second-order valence-corrected chi connectivity index (χ2v) is 6.42. The van der Waals surface area contributed by atoms with Crippen LogP contribution in [0, 0.1) is 11.8 Å². The molecule has 2 aliphatic rings. The first kappa shape index (κ1) is 12.7. The van der Waals surface area contributed by atoms with E-state index < -0.39 is 0 Å². The van der Waals surface area contributed by atoms with Crippen LogP contribution in [0.15, 0.2) is 35.9 Å². The fraction of sp³-hybridized carbons (Fsp3) is 0.529. The largest absolute Gasteiger partial charge is 0.508 e. The number of para-hydroxylation sites is 1. The number of hydrogen-bond acceptors (Lipinski definition) is 2. The minimum atomic E-state index is -0.124. The van der Waals surface area contributed by atoms with Gasteiger partial charge < -0.3 is 9.84 Å².